The minimum Gasteiger partial charge on any atom is -0.461 e. The van der Waals surface area contributed by atoms with Crippen LogP contribution < -0.4 is 0 Å². The molecule has 0 radical (unpaired) electrons. The summed E-state index contributed by atoms with van der Waals surface area (Å²) in [6.07, 6.45) is 1.84. The van der Waals surface area contributed by atoms with Crippen LogP contribution >= 0.6 is 0 Å². The van der Waals surface area contributed by atoms with Crippen molar-refractivity contribution in [1.29, 1.82) is 0 Å². The van der Waals surface area contributed by atoms with Crippen molar-refractivity contribution in [2.45, 2.75) is 134 Å². The van der Waals surface area contributed by atoms with Gasteiger partial charge in [-0.05, 0) is 39.2 Å². The van der Waals surface area contributed by atoms with E-state index in [2.05, 4.69) is 6.92 Å². The molecule has 9 nitrogen and oxygen atoms in total. The van der Waals surface area contributed by atoms with E-state index < -0.39 is 53.0 Å². The lowest BCUT2D eigenvalue weighted by Gasteiger charge is -2.40. The molecule has 1 aliphatic heterocycles. The SMILES string of the molecule is CCCCCCCC(=O)O[C@H]1[C@H]2C(=C(C)[C@@H]1C)[C@@H]1OC(=O)[C@@](C)(O)[C@@]1(O)[C@@H](OC(=O)CCC)C[C@]2(C)O. The monoisotopic (exact) mass is 524 g/mol. The molecule has 3 aliphatic rings. The molecule has 0 aromatic heterocycles. The van der Waals surface area contributed by atoms with Crippen molar-refractivity contribution in [1.82, 2.24) is 0 Å². The van der Waals surface area contributed by atoms with Crippen LogP contribution in [0, 0.1) is 11.8 Å². The standard InChI is InChI=1S/C28H44O9/c1-7-9-10-11-12-14-20(30)36-23-17(4)16(3)21-22(23)26(5,32)15-18(35-19(29)13-8-2)28(34)24(21)37-25(31)27(28,6)33/h17-18,22-24,32-34H,7-15H2,1-6H3/t17-,18-,22+,23+,24-,26-,27+,28+/m0/s1. The first-order chi connectivity index (χ1) is 17.2. The zero-order valence-corrected chi connectivity index (χ0v) is 23.0. The van der Waals surface area contributed by atoms with Gasteiger partial charge in [-0.1, -0.05) is 52.0 Å². The molecule has 3 N–H and O–H groups in total. The van der Waals surface area contributed by atoms with Crippen LogP contribution in [0.5, 0.6) is 0 Å². The zero-order valence-electron chi connectivity index (χ0n) is 23.0. The fourth-order valence-corrected chi connectivity index (χ4v) is 6.26. The molecule has 2 fully saturated rings. The van der Waals surface area contributed by atoms with Crippen LogP contribution in [0.25, 0.3) is 0 Å². The maximum absolute atomic E-state index is 12.8. The summed E-state index contributed by atoms with van der Waals surface area (Å²) >= 11 is 0. The first-order valence-corrected chi connectivity index (χ1v) is 13.7. The molecule has 37 heavy (non-hydrogen) atoms. The third-order valence-electron chi connectivity index (χ3n) is 8.62. The molecule has 2 aliphatic carbocycles. The van der Waals surface area contributed by atoms with Gasteiger partial charge in [0.2, 0.25) is 0 Å². The molecule has 0 amide bonds. The first-order valence-electron chi connectivity index (χ1n) is 13.7. The molecule has 1 saturated heterocycles. The summed E-state index contributed by atoms with van der Waals surface area (Å²) in [6.45, 7) is 10.2. The molecule has 0 bridgehead atoms. The average molecular weight is 525 g/mol. The van der Waals surface area contributed by atoms with E-state index in [1.807, 2.05) is 6.92 Å². The van der Waals surface area contributed by atoms with Gasteiger partial charge in [-0.2, -0.15) is 0 Å². The van der Waals surface area contributed by atoms with Crippen molar-refractivity contribution in [3.63, 3.8) is 0 Å². The number of ether oxygens (including phenoxy) is 3. The molecule has 0 aromatic rings. The minimum absolute atomic E-state index is 0.0665. The van der Waals surface area contributed by atoms with Gasteiger partial charge in [0.15, 0.2) is 17.3 Å². The van der Waals surface area contributed by atoms with Crippen molar-refractivity contribution in [2.24, 2.45) is 11.8 Å². The number of carbonyl (C=O) groups excluding carboxylic acids is 3. The van der Waals surface area contributed by atoms with Gasteiger partial charge in [-0.25, -0.2) is 4.79 Å². The third-order valence-corrected chi connectivity index (χ3v) is 8.62. The van der Waals surface area contributed by atoms with E-state index in [4.69, 9.17) is 14.2 Å². The quantitative estimate of drug-likeness (QED) is 0.170. The molecule has 1 saturated carbocycles. The predicted molar refractivity (Wildman–Crippen MR) is 134 cm³/mol. The van der Waals surface area contributed by atoms with Crippen molar-refractivity contribution in [2.75, 3.05) is 0 Å². The summed E-state index contributed by atoms with van der Waals surface area (Å²) in [6, 6.07) is 0. The van der Waals surface area contributed by atoms with Crippen molar-refractivity contribution in [3.8, 4) is 0 Å². The molecule has 0 unspecified atom stereocenters. The Morgan fingerprint density at radius 3 is 2.22 bits per heavy atom. The summed E-state index contributed by atoms with van der Waals surface area (Å²) in [5.74, 6) is -3.21. The van der Waals surface area contributed by atoms with Crippen LogP contribution in [0.4, 0.5) is 0 Å². The van der Waals surface area contributed by atoms with Gasteiger partial charge >= 0.3 is 17.9 Å². The summed E-state index contributed by atoms with van der Waals surface area (Å²) in [4.78, 5) is 38.1. The maximum Gasteiger partial charge on any atom is 0.341 e. The second-order valence-corrected chi connectivity index (χ2v) is 11.5. The lowest BCUT2D eigenvalue weighted by molar-refractivity contribution is -0.208. The second-order valence-electron chi connectivity index (χ2n) is 11.5. The van der Waals surface area contributed by atoms with E-state index in [1.54, 1.807) is 13.8 Å². The van der Waals surface area contributed by atoms with E-state index in [1.165, 1.54) is 6.92 Å². The van der Waals surface area contributed by atoms with Crippen molar-refractivity contribution in [3.05, 3.63) is 11.1 Å². The smallest absolute Gasteiger partial charge is 0.341 e. The topological polar surface area (TPSA) is 140 Å². The lowest BCUT2D eigenvalue weighted by atomic mass is 9.75. The fourth-order valence-electron chi connectivity index (χ4n) is 6.26. The molecular formula is C28H44O9. The van der Waals surface area contributed by atoms with E-state index >= 15 is 0 Å². The molecule has 1 heterocycles. The molecule has 210 valence electrons. The third kappa shape index (κ3) is 5.19. The number of hydrogen-bond donors (Lipinski definition) is 3. The predicted octanol–water partition coefficient (Wildman–Crippen LogP) is 3.12. The van der Waals surface area contributed by atoms with Gasteiger partial charge in [0.05, 0.1) is 11.5 Å². The number of fused-ring (bicyclic) bond motifs is 3. The van der Waals surface area contributed by atoms with Crippen molar-refractivity contribution < 1.29 is 43.9 Å². The number of unbranched alkanes of at least 4 members (excludes halogenated alkanes) is 4. The highest BCUT2D eigenvalue weighted by Gasteiger charge is 2.74. The van der Waals surface area contributed by atoms with Gasteiger partial charge in [-0.3, -0.25) is 9.59 Å². The lowest BCUT2D eigenvalue weighted by Crippen LogP contribution is -2.64. The van der Waals surface area contributed by atoms with Crippen LogP contribution in [0.3, 0.4) is 0 Å². The largest absolute Gasteiger partial charge is 0.461 e. The summed E-state index contributed by atoms with van der Waals surface area (Å²) in [7, 11) is 0. The second kappa shape index (κ2) is 11.0. The highest BCUT2D eigenvalue weighted by Crippen LogP contribution is 2.57. The van der Waals surface area contributed by atoms with E-state index in [0.29, 0.717) is 24.0 Å². The Morgan fingerprint density at radius 2 is 1.59 bits per heavy atom. The van der Waals surface area contributed by atoms with Gasteiger partial charge in [0.1, 0.15) is 12.2 Å². The van der Waals surface area contributed by atoms with Crippen molar-refractivity contribution >= 4 is 17.9 Å². The van der Waals surface area contributed by atoms with Gasteiger partial charge < -0.3 is 29.5 Å². The Hall–Kier alpha value is -1.97. The Morgan fingerprint density at radius 1 is 0.973 bits per heavy atom. The fraction of sp³-hybridized carbons (Fsp3) is 0.821. The average Bonchev–Trinajstić information content (AvgIpc) is 3.13. The molecule has 0 spiro atoms. The van der Waals surface area contributed by atoms with Crippen LogP contribution in [0.2, 0.25) is 0 Å². The number of esters is 3. The first kappa shape index (κ1) is 29.6. The van der Waals surface area contributed by atoms with Gasteiger partial charge in [-0.15, -0.1) is 0 Å². The highest BCUT2D eigenvalue weighted by atomic mass is 16.6. The van der Waals surface area contributed by atoms with E-state index in [-0.39, 0.29) is 31.1 Å². The maximum atomic E-state index is 12.8. The molecule has 3 rings (SSSR count). The number of aliphatic hydroxyl groups is 3. The molecular weight excluding hydrogens is 480 g/mol. The van der Waals surface area contributed by atoms with E-state index in [9.17, 15) is 29.7 Å². The van der Waals surface area contributed by atoms with Crippen LogP contribution in [-0.2, 0) is 28.6 Å². The Bertz CT molecular complexity index is 921. The summed E-state index contributed by atoms with van der Waals surface area (Å²) in [5, 5.41) is 34.9. The van der Waals surface area contributed by atoms with Crippen LogP contribution in [-0.4, -0.2) is 68.3 Å². The van der Waals surface area contributed by atoms with E-state index in [0.717, 1.165) is 32.6 Å². The van der Waals surface area contributed by atoms with Gasteiger partial charge in [0, 0.05) is 25.2 Å². The molecule has 9 heteroatoms. The zero-order chi connectivity index (χ0) is 27.8. The number of carbonyl (C=O) groups is 3. The highest BCUT2D eigenvalue weighted by molar-refractivity contribution is 5.85. The van der Waals surface area contributed by atoms with Gasteiger partial charge in [0.25, 0.3) is 0 Å². The summed E-state index contributed by atoms with van der Waals surface area (Å²) in [5.41, 5.74) is -5.27. The Kier molecular flexibility index (Phi) is 8.82. The van der Waals surface area contributed by atoms with Crippen LogP contribution in [0.1, 0.15) is 99.3 Å². The normalized spacial score (nSPS) is 39.1. The number of hydrogen-bond acceptors (Lipinski definition) is 9. The summed E-state index contributed by atoms with van der Waals surface area (Å²) < 4.78 is 17.1. The molecule has 8 atom stereocenters. The Labute approximate surface area is 219 Å². The minimum atomic E-state index is -2.40. The molecule has 0 aromatic carbocycles. The number of rotatable bonds is 10. The van der Waals surface area contributed by atoms with Crippen LogP contribution in [0.15, 0.2) is 11.1 Å². The Balaban J connectivity index is 1.97.